The molecule has 2 heterocycles. The highest BCUT2D eigenvalue weighted by molar-refractivity contribution is 5.87. The molecule has 3 unspecified atom stereocenters. The standard InChI is InChI=1S/C24H26N4O2/c1-28(15-16-7-3-2-4-8-16)17-10-11-20-18(13-17)22(27-26-20)24(23(29)30)14-19(24)21-9-5-6-12-25-21/h2-9,12,17,19H,10-11,13-15H2,1H3,(H,26,27)(H,29,30). The number of carbonyl (C=O) groups is 1. The molecule has 0 aliphatic heterocycles. The van der Waals surface area contributed by atoms with Crippen molar-refractivity contribution in [2.24, 2.45) is 0 Å². The van der Waals surface area contributed by atoms with Gasteiger partial charge in [-0.2, -0.15) is 5.10 Å². The fraction of sp³-hybridized carbons (Fsp3) is 0.375. The maximum absolute atomic E-state index is 12.4. The molecule has 1 fully saturated rings. The van der Waals surface area contributed by atoms with Gasteiger partial charge in [-0.05, 0) is 56.0 Å². The second kappa shape index (κ2) is 7.36. The number of aliphatic carboxylic acids is 1. The summed E-state index contributed by atoms with van der Waals surface area (Å²) in [6, 6.07) is 16.5. The summed E-state index contributed by atoms with van der Waals surface area (Å²) in [6.45, 7) is 0.884. The summed E-state index contributed by atoms with van der Waals surface area (Å²) in [5.41, 5.74) is 4.12. The maximum Gasteiger partial charge on any atom is 0.316 e. The zero-order chi connectivity index (χ0) is 20.7. The molecule has 3 atom stereocenters. The van der Waals surface area contributed by atoms with Crippen LogP contribution in [0.5, 0.6) is 0 Å². The van der Waals surface area contributed by atoms with E-state index in [1.165, 1.54) is 5.56 Å². The Hall–Kier alpha value is -2.99. The van der Waals surface area contributed by atoms with Crippen molar-refractivity contribution >= 4 is 5.97 Å². The van der Waals surface area contributed by atoms with Crippen LogP contribution in [0.3, 0.4) is 0 Å². The van der Waals surface area contributed by atoms with Crippen molar-refractivity contribution in [1.29, 1.82) is 0 Å². The summed E-state index contributed by atoms with van der Waals surface area (Å²) in [4.78, 5) is 19.2. The van der Waals surface area contributed by atoms with Crippen molar-refractivity contribution in [3.63, 3.8) is 0 Å². The summed E-state index contributed by atoms with van der Waals surface area (Å²) in [7, 11) is 2.16. The maximum atomic E-state index is 12.4. The number of hydrogen-bond acceptors (Lipinski definition) is 4. The van der Waals surface area contributed by atoms with Crippen molar-refractivity contribution in [2.75, 3.05) is 7.05 Å². The van der Waals surface area contributed by atoms with Gasteiger partial charge in [0, 0.05) is 30.4 Å². The normalized spacial score (nSPS) is 25.1. The molecule has 0 spiro atoms. The number of rotatable bonds is 6. The lowest BCUT2D eigenvalue weighted by Crippen LogP contribution is -2.37. The molecule has 3 aromatic rings. The number of benzene rings is 1. The van der Waals surface area contributed by atoms with Crippen LogP contribution in [-0.2, 0) is 29.6 Å². The quantitative estimate of drug-likeness (QED) is 0.661. The van der Waals surface area contributed by atoms with Crippen LogP contribution in [0.4, 0.5) is 0 Å². The van der Waals surface area contributed by atoms with Gasteiger partial charge in [-0.3, -0.25) is 19.8 Å². The van der Waals surface area contributed by atoms with Gasteiger partial charge in [0.25, 0.3) is 0 Å². The minimum absolute atomic E-state index is 0.108. The molecular formula is C24H26N4O2. The fourth-order valence-corrected chi connectivity index (χ4v) is 5.04. The second-order valence-electron chi connectivity index (χ2n) is 8.61. The molecule has 154 valence electrons. The van der Waals surface area contributed by atoms with Crippen LogP contribution in [0.15, 0.2) is 54.7 Å². The van der Waals surface area contributed by atoms with Crippen molar-refractivity contribution in [3.05, 3.63) is 82.9 Å². The van der Waals surface area contributed by atoms with E-state index < -0.39 is 11.4 Å². The number of nitrogens with zero attached hydrogens (tertiary/aromatic N) is 3. The van der Waals surface area contributed by atoms with Gasteiger partial charge in [-0.15, -0.1) is 0 Å². The molecule has 5 rings (SSSR count). The molecule has 0 amide bonds. The molecule has 6 nitrogen and oxygen atoms in total. The van der Waals surface area contributed by atoms with Crippen molar-refractivity contribution < 1.29 is 9.90 Å². The molecule has 30 heavy (non-hydrogen) atoms. The molecule has 2 aliphatic rings. The average molecular weight is 402 g/mol. The molecule has 0 bridgehead atoms. The third-order valence-electron chi connectivity index (χ3n) is 6.84. The third-order valence-corrected chi connectivity index (χ3v) is 6.84. The largest absolute Gasteiger partial charge is 0.481 e. The predicted molar refractivity (Wildman–Crippen MR) is 113 cm³/mol. The van der Waals surface area contributed by atoms with Gasteiger partial charge in [0.05, 0.1) is 11.4 Å². The Labute approximate surface area is 176 Å². The monoisotopic (exact) mass is 402 g/mol. The number of pyridine rings is 1. The Morgan fingerprint density at radius 1 is 1.23 bits per heavy atom. The summed E-state index contributed by atoms with van der Waals surface area (Å²) >= 11 is 0. The lowest BCUT2D eigenvalue weighted by molar-refractivity contribution is -0.140. The molecule has 1 aromatic carbocycles. The minimum atomic E-state index is -0.936. The Balaban J connectivity index is 1.41. The minimum Gasteiger partial charge on any atom is -0.481 e. The predicted octanol–water partition coefficient (Wildman–Crippen LogP) is 3.30. The Morgan fingerprint density at radius 3 is 2.77 bits per heavy atom. The van der Waals surface area contributed by atoms with Crippen LogP contribution < -0.4 is 0 Å². The summed E-state index contributed by atoms with van der Waals surface area (Å²) < 4.78 is 0. The molecule has 2 N–H and O–H groups in total. The van der Waals surface area contributed by atoms with E-state index in [2.05, 4.69) is 51.4 Å². The van der Waals surface area contributed by atoms with Crippen LogP contribution in [0.2, 0.25) is 0 Å². The number of hydrogen-bond donors (Lipinski definition) is 2. The van der Waals surface area contributed by atoms with Gasteiger partial charge in [-0.25, -0.2) is 0 Å². The van der Waals surface area contributed by atoms with Crippen LogP contribution >= 0.6 is 0 Å². The molecule has 0 saturated heterocycles. The highest BCUT2D eigenvalue weighted by Gasteiger charge is 2.65. The van der Waals surface area contributed by atoms with Gasteiger partial charge in [0.1, 0.15) is 5.41 Å². The Kier molecular flexibility index (Phi) is 4.66. The first-order chi connectivity index (χ1) is 14.6. The number of aromatic nitrogens is 3. The number of nitrogens with one attached hydrogen (secondary N) is 1. The van der Waals surface area contributed by atoms with Gasteiger partial charge >= 0.3 is 5.97 Å². The number of aryl methyl sites for hydroxylation is 1. The van der Waals surface area contributed by atoms with Crippen LogP contribution in [0.25, 0.3) is 0 Å². The number of H-pyrrole nitrogens is 1. The summed E-state index contributed by atoms with van der Waals surface area (Å²) in [6.07, 6.45) is 5.04. The third kappa shape index (κ3) is 3.12. The van der Waals surface area contributed by atoms with Crippen LogP contribution in [0, 0.1) is 0 Å². The van der Waals surface area contributed by atoms with Crippen molar-refractivity contribution in [3.8, 4) is 0 Å². The first-order valence-electron chi connectivity index (χ1n) is 10.5. The number of carboxylic acids is 1. The summed E-state index contributed by atoms with van der Waals surface area (Å²) in [5.74, 6) is -0.896. The zero-order valence-electron chi connectivity index (χ0n) is 17.1. The van der Waals surface area contributed by atoms with Gasteiger partial charge in [0.2, 0.25) is 0 Å². The lowest BCUT2D eigenvalue weighted by Gasteiger charge is -2.31. The topological polar surface area (TPSA) is 82.1 Å². The molecule has 2 aromatic heterocycles. The first kappa shape index (κ1) is 19.0. The number of aromatic amines is 1. The molecule has 1 saturated carbocycles. The van der Waals surface area contributed by atoms with E-state index in [0.29, 0.717) is 12.5 Å². The Morgan fingerprint density at radius 2 is 2.03 bits per heavy atom. The highest BCUT2D eigenvalue weighted by atomic mass is 16.4. The number of likely N-dealkylation sites (N-methyl/N-ethyl adjacent to an activating group) is 1. The van der Waals surface area contributed by atoms with E-state index in [9.17, 15) is 9.90 Å². The SMILES string of the molecule is CN(Cc1ccccc1)C1CCc2n[nH]c(C3(C(=O)O)CC3c3ccccn3)c2C1. The van der Waals surface area contributed by atoms with Crippen LogP contribution in [-0.4, -0.2) is 44.2 Å². The number of carboxylic acid groups (broad SMARTS) is 1. The second-order valence-corrected chi connectivity index (χ2v) is 8.61. The van der Waals surface area contributed by atoms with Gasteiger partial charge in [0.15, 0.2) is 0 Å². The Bertz CT molecular complexity index is 1050. The van der Waals surface area contributed by atoms with E-state index in [-0.39, 0.29) is 5.92 Å². The average Bonchev–Trinajstić information content (AvgIpc) is 3.40. The van der Waals surface area contributed by atoms with Gasteiger partial charge in [-0.1, -0.05) is 36.4 Å². The lowest BCUT2D eigenvalue weighted by atomic mass is 9.85. The first-order valence-corrected chi connectivity index (χ1v) is 10.5. The number of fused-ring (bicyclic) bond motifs is 1. The van der Waals surface area contributed by atoms with Gasteiger partial charge < -0.3 is 5.11 Å². The molecular weight excluding hydrogens is 376 g/mol. The van der Waals surface area contributed by atoms with Crippen LogP contribution in [0.1, 0.15) is 47.0 Å². The molecule has 2 aliphatic carbocycles. The summed E-state index contributed by atoms with van der Waals surface area (Å²) in [5, 5.41) is 17.8. The van der Waals surface area contributed by atoms with Crippen molar-refractivity contribution in [2.45, 2.75) is 49.6 Å². The van der Waals surface area contributed by atoms with E-state index in [1.807, 2.05) is 24.3 Å². The fourth-order valence-electron chi connectivity index (χ4n) is 5.04. The van der Waals surface area contributed by atoms with E-state index in [1.54, 1.807) is 6.20 Å². The zero-order valence-corrected chi connectivity index (χ0v) is 17.1. The molecule has 6 heteroatoms. The van der Waals surface area contributed by atoms with E-state index in [0.717, 1.165) is 48.5 Å². The van der Waals surface area contributed by atoms with Crippen molar-refractivity contribution in [1.82, 2.24) is 20.1 Å². The molecule has 0 radical (unpaired) electrons. The van der Waals surface area contributed by atoms with E-state index >= 15 is 0 Å². The highest BCUT2D eigenvalue weighted by Crippen LogP contribution is 2.61. The van der Waals surface area contributed by atoms with E-state index in [4.69, 9.17) is 0 Å². The smallest absolute Gasteiger partial charge is 0.316 e.